The van der Waals surface area contributed by atoms with Crippen molar-refractivity contribution in [1.82, 2.24) is 19.3 Å². The van der Waals surface area contributed by atoms with Crippen molar-refractivity contribution in [2.75, 3.05) is 46.8 Å². The van der Waals surface area contributed by atoms with Crippen LogP contribution in [0.2, 0.25) is 0 Å². The molecule has 27 heavy (non-hydrogen) atoms. The van der Waals surface area contributed by atoms with Gasteiger partial charge in [0.1, 0.15) is 0 Å². The lowest BCUT2D eigenvalue weighted by molar-refractivity contribution is -0.131. The number of oxazole rings is 1. The van der Waals surface area contributed by atoms with E-state index in [0.29, 0.717) is 43.8 Å². The Bertz CT molecular complexity index is 870. The zero-order valence-corrected chi connectivity index (χ0v) is 15.9. The number of amides is 2. The molecule has 2 amide bonds. The van der Waals surface area contributed by atoms with Crippen molar-refractivity contribution in [3.63, 3.8) is 0 Å². The summed E-state index contributed by atoms with van der Waals surface area (Å²) >= 11 is 0. The van der Waals surface area contributed by atoms with Gasteiger partial charge in [-0.15, -0.1) is 0 Å². The zero-order chi connectivity index (χ0) is 19.4. The number of fused-ring (bicyclic) bond motifs is 1. The number of aromatic nitrogens is 1. The number of rotatable bonds is 5. The van der Waals surface area contributed by atoms with Crippen LogP contribution in [0.3, 0.4) is 0 Å². The van der Waals surface area contributed by atoms with Crippen LogP contribution in [0, 0.1) is 0 Å². The number of para-hydroxylation sites is 2. The van der Waals surface area contributed by atoms with Crippen LogP contribution in [-0.4, -0.2) is 77.9 Å². The number of hydrogen-bond acceptors (Lipinski definition) is 5. The second-order valence-corrected chi connectivity index (χ2v) is 7.04. The number of benzene rings is 1. The van der Waals surface area contributed by atoms with Crippen LogP contribution in [-0.2, 0) is 16.1 Å². The summed E-state index contributed by atoms with van der Waals surface area (Å²) in [4.78, 5) is 42.0. The Morgan fingerprint density at radius 3 is 2.67 bits per heavy atom. The predicted molar refractivity (Wildman–Crippen MR) is 101 cm³/mol. The van der Waals surface area contributed by atoms with Gasteiger partial charge in [0.05, 0.1) is 12.1 Å². The summed E-state index contributed by atoms with van der Waals surface area (Å²) in [5, 5.41) is 0. The molecule has 1 aromatic carbocycles. The van der Waals surface area contributed by atoms with Gasteiger partial charge in [0.15, 0.2) is 5.58 Å². The standard InChI is InChI=1S/C19H26N4O4/c1-20(2)18(25)14-21-9-5-10-22(13-12-21)17(24)8-11-23-15-6-3-4-7-16(15)27-19(23)26/h3-4,6-7H,5,8-14H2,1-2H3. The van der Waals surface area contributed by atoms with Crippen LogP contribution in [0.4, 0.5) is 0 Å². The molecule has 0 bridgehead atoms. The van der Waals surface area contributed by atoms with Crippen molar-refractivity contribution in [2.45, 2.75) is 19.4 Å². The number of hydrogen-bond donors (Lipinski definition) is 0. The highest BCUT2D eigenvalue weighted by Crippen LogP contribution is 2.13. The highest BCUT2D eigenvalue weighted by Gasteiger charge is 2.21. The second kappa shape index (κ2) is 8.39. The van der Waals surface area contributed by atoms with E-state index in [1.807, 2.05) is 23.1 Å². The van der Waals surface area contributed by atoms with Crippen LogP contribution >= 0.6 is 0 Å². The first-order valence-electron chi connectivity index (χ1n) is 9.24. The van der Waals surface area contributed by atoms with E-state index >= 15 is 0 Å². The van der Waals surface area contributed by atoms with Crippen molar-refractivity contribution < 1.29 is 14.0 Å². The molecule has 2 aromatic rings. The molecular weight excluding hydrogens is 348 g/mol. The Balaban J connectivity index is 1.56. The molecule has 8 heteroatoms. The quantitative estimate of drug-likeness (QED) is 0.766. The van der Waals surface area contributed by atoms with Gasteiger partial charge in [-0.1, -0.05) is 12.1 Å². The Hall–Kier alpha value is -2.61. The minimum absolute atomic E-state index is 0.0213. The lowest BCUT2D eigenvalue weighted by Crippen LogP contribution is -2.39. The van der Waals surface area contributed by atoms with Crippen LogP contribution in [0.25, 0.3) is 11.1 Å². The maximum absolute atomic E-state index is 12.6. The molecule has 0 radical (unpaired) electrons. The van der Waals surface area contributed by atoms with E-state index in [2.05, 4.69) is 4.90 Å². The summed E-state index contributed by atoms with van der Waals surface area (Å²) in [5.41, 5.74) is 1.24. The van der Waals surface area contributed by atoms with Gasteiger partial charge in [-0.05, 0) is 18.6 Å². The summed E-state index contributed by atoms with van der Waals surface area (Å²) in [6, 6.07) is 7.21. The van der Waals surface area contributed by atoms with Gasteiger partial charge in [0.25, 0.3) is 0 Å². The van der Waals surface area contributed by atoms with Gasteiger partial charge in [-0.2, -0.15) is 0 Å². The third kappa shape index (κ3) is 4.57. The molecular formula is C19H26N4O4. The highest BCUT2D eigenvalue weighted by molar-refractivity contribution is 5.78. The minimum atomic E-state index is -0.437. The van der Waals surface area contributed by atoms with Crippen LogP contribution in [0.5, 0.6) is 0 Å². The maximum Gasteiger partial charge on any atom is 0.419 e. The molecule has 1 aliphatic rings. The van der Waals surface area contributed by atoms with Gasteiger partial charge in [-0.3, -0.25) is 19.1 Å². The van der Waals surface area contributed by atoms with Gasteiger partial charge in [0.2, 0.25) is 11.8 Å². The van der Waals surface area contributed by atoms with E-state index in [9.17, 15) is 14.4 Å². The van der Waals surface area contributed by atoms with E-state index in [-0.39, 0.29) is 18.2 Å². The summed E-state index contributed by atoms with van der Waals surface area (Å²) in [5.74, 6) is -0.345. The fourth-order valence-electron chi connectivity index (χ4n) is 3.30. The van der Waals surface area contributed by atoms with Crippen LogP contribution < -0.4 is 5.76 Å². The monoisotopic (exact) mass is 374 g/mol. The summed E-state index contributed by atoms with van der Waals surface area (Å²) in [6.07, 6.45) is 1.08. The van der Waals surface area contributed by atoms with Gasteiger partial charge >= 0.3 is 5.76 Å². The molecule has 1 saturated heterocycles. The molecule has 1 aromatic heterocycles. The molecule has 3 rings (SSSR count). The average Bonchev–Trinajstić information content (AvgIpc) is 2.80. The first-order chi connectivity index (χ1) is 13.0. The van der Waals surface area contributed by atoms with Crippen molar-refractivity contribution in [3.8, 4) is 0 Å². The normalized spacial score (nSPS) is 15.7. The Morgan fingerprint density at radius 1 is 1.11 bits per heavy atom. The molecule has 0 spiro atoms. The van der Waals surface area contributed by atoms with E-state index < -0.39 is 5.76 Å². The fraction of sp³-hybridized carbons (Fsp3) is 0.526. The smallest absolute Gasteiger partial charge is 0.408 e. The molecule has 8 nitrogen and oxygen atoms in total. The van der Waals surface area contributed by atoms with Crippen molar-refractivity contribution in [2.24, 2.45) is 0 Å². The summed E-state index contributed by atoms with van der Waals surface area (Å²) in [7, 11) is 3.50. The van der Waals surface area contributed by atoms with E-state index in [1.54, 1.807) is 25.1 Å². The molecule has 0 saturated carbocycles. The van der Waals surface area contributed by atoms with E-state index in [1.165, 1.54) is 4.57 Å². The highest BCUT2D eigenvalue weighted by atomic mass is 16.4. The Morgan fingerprint density at radius 2 is 1.89 bits per heavy atom. The van der Waals surface area contributed by atoms with E-state index in [4.69, 9.17) is 4.42 Å². The van der Waals surface area contributed by atoms with Crippen molar-refractivity contribution in [3.05, 3.63) is 34.8 Å². The maximum atomic E-state index is 12.6. The topological polar surface area (TPSA) is 79.0 Å². The molecule has 0 unspecified atom stereocenters. The second-order valence-electron chi connectivity index (χ2n) is 7.04. The molecule has 2 heterocycles. The Kier molecular flexibility index (Phi) is 5.95. The molecule has 0 atom stereocenters. The van der Waals surface area contributed by atoms with Crippen LogP contribution in [0.1, 0.15) is 12.8 Å². The third-order valence-corrected chi connectivity index (χ3v) is 4.92. The van der Waals surface area contributed by atoms with Gasteiger partial charge in [-0.25, -0.2) is 4.79 Å². The minimum Gasteiger partial charge on any atom is -0.408 e. The first-order valence-corrected chi connectivity index (χ1v) is 9.24. The Labute approximate surface area is 157 Å². The number of likely N-dealkylation sites (N-methyl/N-ethyl adjacent to an activating group) is 1. The SMILES string of the molecule is CN(C)C(=O)CN1CCCN(C(=O)CCn2c(=O)oc3ccccc32)CC1. The number of nitrogens with zero attached hydrogens (tertiary/aromatic N) is 4. The third-order valence-electron chi connectivity index (χ3n) is 4.92. The van der Waals surface area contributed by atoms with E-state index in [0.717, 1.165) is 13.0 Å². The molecule has 146 valence electrons. The molecule has 0 aliphatic carbocycles. The summed E-state index contributed by atoms with van der Waals surface area (Å²) < 4.78 is 6.71. The number of aryl methyl sites for hydroxylation is 1. The van der Waals surface area contributed by atoms with Gasteiger partial charge in [0, 0.05) is 53.2 Å². The fourth-order valence-corrected chi connectivity index (χ4v) is 3.30. The number of carbonyl (C=O) groups excluding carboxylic acids is 2. The first kappa shape index (κ1) is 19.2. The van der Waals surface area contributed by atoms with Crippen LogP contribution in [0.15, 0.2) is 33.5 Å². The largest absolute Gasteiger partial charge is 0.419 e. The van der Waals surface area contributed by atoms with Gasteiger partial charge < -0.3 is 14.2 Å². The predicted octanol–water partition coefficient (Wildman–Crippen LogP) is 0.607. The summed E-state index contributed by atoms with van der Waals surface area (Å²) in [6.45, 7) is 3.43. The van der Waals surface area contributed by atoms with Crippen molar-refractivity contribution in [1.29, 1.82) is 0 Å². The average molecular weight is 374 g/mol. The lowest BCUT2D eigenvalue weighted by Gasteiger charge is -2.22. The lowest BCUT2D eigenvalue weighted by atomic mass is 10.3. The van der Waals surface area contributed by atoms with Crippen molar-refractivity contribution >= 4 is 22.9 Å². The molecule has 1 aliphatic heterocycles. The molecule has 1 fully saturated rings. The number of carbonyl (C=O) groups is 2. The molecule has 0 N–H and O–H groups in total. The zero-order valence-electron chi connectivity index (χ0n) is 15.9.